The van der Waals surface area contributed by atoms with Gasteiger partial charge < -0.3 is 10.2 Å². The first-order chi connectivity index (χ1) is 7.33. The number of carboxylic acid groups (broad SMARTS) is 1. The Kier molecular flexibility index (Phi) is 4.04. The molecule has 0 spiro atoms. The zero-order valence-corrected chi connectivity index (χ0v) is 9.86. The number of carbonyl (C=O) groups is 1. The second-order valence-electron chi connectivity index (χ2n) is 4.99. The number of carboxylic acids is 1. The second kappa shape index (κ2) is 4.93. The van der Waals surface area contributed by atoms with Crippen LogP contribution in [0.4, 0.5) is 0 Å². The fraction of sp³-hybridized carbons (Fsp3) is 0.818. The minimum absolute atomic E-state index is 0.231. The quantitative estimate of drug-likeness (QED) is 0.619. The summed E-state index contributed by atoms with van der Waals surface area (Å²) in [6, 6.07) is 0. The lowest BCUT2D eigenvalue weighted by atomic mass is 9.92. The van der Waals surface area contributed by atoms with Crippen LogP contribution in [0, 0.1) is 5.41 Å². The Morgan fingerprint density at radius 3 is 2.38 bits per heavy atom. The second-order valence-corrected chi connectivity index (χ2v) is 4.99. The monoisotopic (exact) mass is 228 g/mol. The minimum Gasteiger partial charge on any atom is -0.477 e. The third-order valence-corrected chi connectivity index (χ3v) is 3.19. The van der Waals surface area contributed by atoms with Crippen LogP contribution in [0.25, 0.3) is 0 Å². The molecule has 0 saturated carbocycles. The van der Waals surface area contributed by atoms with E-state index in [1.54, 1.807) is 0 Å². The van der Waals surface area contributed by atoms with Crippen LogP contribution in [0.15, 0.2) is 0 Å². The van der Waals surface area contributed by atoms with Gasteiger partial charge in [-0.25, -0.2) is 4.79 Å². The van der Waals surface area contributed by atoms with Gasteiger partial charge in [0.1, 0.15) is 5.71 Å². The lowest BCUT2D eigenvalue weighted by Gasteiger charge is -2.42. The maximum absolute atomic E-state index is 10.6. The molecule has 1 aliphatic heterocycles. The number of nitrogens with zero attached hydrogens (tertiary/aromatic N) is 1. The third kappa shape index (κ3) is 3.28. The third-order valence-electron chi connectivity index (χ3n) is 3.19. The van der Waals surface area contributed by atoms with Gasteiger partial charge in [0.05, 0.1) is 6.10 Å². The molecule has 0 unspecified atom stereocenters. The number of hydrogen-bond acceptors (Lipinski definition) is 4. The van der Waals surface area contributed by atoms with Gasteiger partial charge in [-0.15, -0.1) is 0 Å². The van der Waals surface area contributed by atoms with Crippen LogP contribution in [-0.4, -0.2) is 51.5 Å². The summed E-state index contributed by atoms with van der Waals surface area (Å²) < 4.78 is 0. The van der Waals surface area contributed by atoms with Gasteiger partial charge in [-0.3, -0.25) is 10.3 Å². The maximum Gasteiger partial charge on any atom is 0.349 e. The summed E-state index contributed by atoms with van der Waals surface area (Å²) in [5.41, 5.74) is -0.577. The molecule has 0 radical (unpaired) electrons. The fourth-order valence-electron chi connectivity index (χ4n) is 2.09. The van der Waals surface area contributed by atoms with Crippen molar-refractivity contribution in [3.8, 4) is 0 Å². The first-order valence-electron chi connectivity index (χ1n) is 5.57. The molecule has 5 nitrogen and oxygen atoms in total. The number of nitrogens with one attached hydrogen (secondary N) is 1. The lowest BCUT2D eigenvalue weighted by molar-refractivity contribution is -0.129. The first-order valence-corrected chi connectivity index (χ1v) is 5.57. The molecule has 16 heavy (non-hydrogen) atoms. The summed E-state index contributed by atoms with van der Waals surface area (Å²) in [6.45, 7) is 5.42. The molecule has 0 atom stereocenters. The number of aliphatic carboxylic acids is 1. The standard InChI is InChI=1S/C11H20N2O3/c1-11(2,7-9(12)10(15)16)13-5-3-8(14)4-6-13/h8,12,14H,3-7H2,1-2H3,(H,15,16). The lowest BCUT2D eigenvalue weighted by Crippen LogP contribution is -2.50. The summed E-state index contributed by atoms with van der Waals surface area (Å²) in [5, 5.41) is 25.5. The van der Waals surface area contributed by atoms with Gasteiger partial charge in [-0.1, -0.05) is 0 Å². The molecule has 1 aliphatic rings. The van der Waals surface area contributed by atoms with E-state index < -0.39 is 5.97 Å². The summed E-state index contributed by atoms with van der Waals surface area (Å²) in [7, 11) is 0. The highest BCUT2D eigenvalue weighted by molar-refractivity contribution is 6.34. The van der Waals surface area contributed by atoms with Crippen LogP contribution >= 0.6 is 0 Å². The molecular formula is C11H20N2O3. The van der Waals surface area contributed by atoms with E-state index in [-0.39, 0.29) is 23.8 Å². The average Bonchev–Trinajstić information content (AvgIpc) is 2.17. The number of piperidine rings is 1. The largest absolute Gasteiger partial charge is 0.477 e. The highest BCUT2D eigenvalue weighted by Gasteiger charge is 2.32. The Morgan fingerprint density at radius 1 is 1.44 bits per heavy atom. The summed E-state index contributed by atoms with van der Waals surface area (Å²) >= 11 is 0. The van der Waals surface area contributed by atoms with Crippen LogP contribution in [0.3, 0.4) is 0 Å². The molecule has 92 valence electrons. The van der Waals surface area contributed by atoms with E-state index in [1.165, 1.54) is 0 Å². The molecule has 0 bridgehead atoms. The zero-order valence-electron chi connectivity index (χ0n) is 9.86. The van der Waals surface area contributed by atoms with Gasteiger partial charge in [-0.2, -0.15) is 0 Å². The predicted molar refractivity (Wildman–Crippen MR) is 60.9 cm³/mol. The van der Waals surface area contributed by atoms with Gasteiger partial charge in [-0.05, 0) is 26.7 Å². The van der Waals surface area contributed by atoms with Gasteiger partial charge in [0.25, 0.3) is 0 Å². The molecule has 0 aromatic heterocycles. The molecule has 1 rings (SSSR count). The van der Waals surface area contributed by atoms with E-state index in [9.17, 15) is 9.90 Å². The van der Waals surface area contributed by atoms with E-state index in [2.05, 4.69) is 4.90 Å². The molecule has 0 amide bonds. The van der Waals surface area contributed by atoms with Crippen LogP contribution in [0.5, 0.6) is 0 Å². The summed E-state index contributed by atoms with van der Waals surface area (Å²) in [5.74, 6) is -1.15. The summed E-state index contributed by atoms with van der Waals surface area (Å²) in [4.78, 5) is 12.8. The molecule has 3 N–H and O–H groups in total. The van der Waals surface area contributed by atoms with Crippen molar-refractivity contribution in [1.29, 1.82) is 5.41 Å². The summed E-state index contributed by atoms with van der Waals surface area (Å²) in [6.07, 6.45) is 1.46. The number of likely N-dealkylation sites (tertiary alicyclic amines) is 1. The van der Waals surface area contributed by atoms with Gasteiger partial charge in [0.15, 0.2) is 0 Å². The maximum atomic E-state index is 10.6. The number of hydrogen-bond donors (Lipinski definition) is 3. The van der Waals surface area contributed by atoms with E-state index in [0.717, 1.165) is 25.9 Å². The number of aliphatic hydroxyl groups excluding tert-OH is 1. The smallest absolute Gasteiger partial charge is 0.349 e. The van der Waals surface area contributed by atoms with E-state index in [1.807, 2.05) is 13.8 Å². The van der Waals surface area contributed by atoms with Crippen molar-refractivity contribution in [2.24, 2.45) is 0 Å². The average molecular weight is 228 g/mol. The van der Waals surface area contributed by atoms with Gasteiger partial charge in [0, 0.05) is 25.0 Å². The minimum atomic E-state index is -1.15. The van der Waals surface area contributed by atoms with Crippen molar-refractivity contribution in [3.63, 3.8) is 0 Å². The fourth-order valence-corrected chi connectivity index (χ4v) is 2.09. The molecular weight excluding hydrogens is 208 g/mol. The number of rotatable bonds is 4. The molecule has 0 aromatic rings. The van der Waals surface area contributed by atoms with E-state index >= 15 is 0 Å². The van der Waals surface area contributed by atoms with Crippen LogP contribution in [0.2, 0.25) is 0 Å². The van der Waals surface area contributed by atoms with E-state index in [4.69, 9.17) is 10.5 Å². The van der Waals surface area contributed by atoms with E-state index in [0.29, 0.717) is 0 Å². The zero-order chi connectivity index (χ0) is 12.3. The normalized spacial score (nSPS) is 19.7. The van der Waals surface area contributed by atoms with Crippen LogP contribution in [-0.2, 0) is 4.79 Å². The van der Waals surface area contributed by atoms with Crippen molar-refractivity contribution < 1.29 is 15.0 Å². The predicted octanol–water partition coefficient (Wildman–Crippen LogP) is 0.716. The van der Waals surface area contributed by atoms with Gasteiger partial charge >= 0.3 is 5.97 Å². The number of aliphatic hydroxyl groups is 1. The topological polar surface area (TPSA) is 84.6 Å². The Morgan fingerprint density at radius 2 is 1.94 bits per heavy atom. The molecule has 0 aromatic carbocycles. The molecule has 1 heterocycles. The van der Waals surface area contributed by atoms with Crippen molar-refractivity contribution in [2.75, 3.05) is 13.1 Å². The van der Waals surface area contributed by atoms with Crippen molar-refractivity contribution in [2.45, 2.75) is 44.8 Å². The van der Waals surface area contributed by atoms with Crippen LogP contribution < -0.4 is 0 Å². The van der Waals surface area contributed by atoms with Gasteiger partial charge in [0.2, 0.25) is 0 Å². The highest BCUT2D eigenvalue weighted by Crippen LogP contribution is 2.24. The van der Waals surface area contributed by atoms with Crippen molar-refractivity contribution >= 4 is 11.7 Å². The SMILES string of the molecule is CC(C)(CC(=N)C(=O)O)N1CCC(O)CC1. The molecule has 1 fully saturated rings. The van der Waals surface area contributed by atoms with Crippen molar-refractivity contribution in [3.05, 3.63) is 0 Å². The molecule has 1 saturated heterocycles. The Balaban J connectivity index is 2.56. The first kappa shape index (κ1) is 13.1. The molecule has 5 heteroatoms. The van der Waals surface area contributed by atoms with Crippen molar-refractivity contribution in [1.82, 2.24) is 4.90 Å². The highest BCUT2D eigenvalue weighted by atomic mass is 16.4. The Hall–Kier alpha value is -0.940. The Bertz CT molecular complexity index is 281. The molecule has 0 aliphatic carbocycles. The Labute approximate surface area is 95.6 Å². The van der Waals surface area contributed by atoms with Crippen LogP contribution in [0.1, 0.15) is 33.1 Å².